The van der Waals surface area contributed by atoms with Crippen LogP contribution >= 0.6 is 23.2 Å². The Balaban J connectivity index is 2.08. The van der Waals surface area contributed by atoms with E-state index in [0.717, 1.165) is 0 Å². The molecule has 2 rings (SSSR count). The second-order valence-electron chi connectivity index (χ2n) is 3.79. The van der Waals surface area contributed by atoms with Crippen molar-refractivity contribution in [3.63, 3.8) is 0 Å². The summed E-state index contributed by atoms with van der Waals surface area (Å²) < 4.78 is 18.7. The van der Waals surface area contributed by atoms with Gasteiger partial charge in [-0.15, -0.1) is 0 Å². The van der Waals surface area contributed by atoms with Gasteiger partial charge in [0.2, 0.25) is 0 Å². The molecule has 0 saturated carbocycles. The van der Waals surface area contributed by atoms with Crippen LogP contribution in [0.25, 0.3) is 0 Å². The first kappa shape index (κ1) is 13.7. The van der Waals surface area contributed by atoms with Gasteiger partial charge in [0.1, 0.15) is 24.2 Å². The Hall–Kier alpha value is -1.76. The molecule has 0 unspecified atom stereocenters. The molecule has 0 aliphatic carbocycles. The Bertz CT molecular complexity index is 652. The third-order valence-electron chi connectivity index (χ3n) is 2.45. The van der Waals surface area contributed by atoms with E-state index in [1.54, 1.807) is 24.3 Å². The fourth-order valence-electron chi connectivity index (χ4n) is 1.47. The quantitative estimate of drug-likeness (QED) is 0.830. The Morgan fingerprint density at radius 2 is 1.89 bits per heavy atom. The summed E-state index contributed by atoms with van der Waals surface area (Å²) in [6.07, 6.45) is 0. The number of benzene rings is 2. The summed E-state index contributed by atoms with van der Waals surface area (Å²) in [7, 11) is 0. The van der Waals surface area contributed by atoms with Gasteiger partial charge < -0.3 is 4.74 Å². The summed E-state index contributed by atoms with van der Waals surface area (Å²) in [6, 6.07) is 11.2. The van der Waals surface area contributed by atoms with Crippen LogP contribution in [0.4, 0.5) is 4.39 Å². The van der Waals surface area contributed by atoms with Gasteiger partial charge >= 0.3 is 0 Å². The molecule has 0 spiro atoms. The third kappa shape index (κ3) is 3.37. The molecule has 0 fully saturated rings. The van der Waals surface area contributed by atoms with E-state index < -0.39 is 5.82 Å². The molecule has 0 bridgehead atoms. The van der Waals surface area contributed by atoms with Gasteiger partial charge in [0.05, 0.1) is 15.6 Å². The molecule has 0 heterocycles. The topological polar surface area (TPSA) is 33.0 Å². The van der Waals surface area contributed by atoms with Crippen LogP contribution in [0, 0.1) is 17.1 Å². The van der Waals surface area contributed by atoms with Gasteiger partial charge in [0, 0.05) is 6.07 Å². The van der Waals surface area contributed by atoms with Crippen LogP contribution in [0.1, 0.15) is 11.1 Å². The highest BCUT2D eigenvalue weighted by molar-refractivity contribution is 6.31. The lowest BCUT2D eigenvalue weighted by molar-refractivity contribution is 0.305. The van der Waals surface area contributed by atoms with E-state index in [0.29, 0.717) is 21.9 Å². The van der Waals surface area contributed by atoms with E-state index in [4.69, 9.17) is 33.2 Å². The Morgan fingerprint density at radius 3 is 2.53 bits per heavy atom. The van der Waals surface area contributed by atoms with Crippen LogP contribution < -0.4 is 4.74 Å². The smallest absolute Gasteiger partial charge is 0.142 e. The summed E-state index contributed by atoms with van der Waals surface area (Å²) in [5, 5.41) is 9.14. The number of nitrogens with zero attached hydrogens (tertiary/aromatic N) is 1. The number of halogens is 3. The van der Waals surface area contributed by atoms with Gasteiger partial charge in [-0.25, -0.2) is 4.39 Å². The van der Waals surface area contributed by atoms with E-state index in [1.165, 1.54) is 12.1 Å². The molecule has 2 aromatic rings. The molecule has 0 aliphatic rings. The lowest BCUT2D eigenvalue weighted by Gasteiger charge is -2.07. The molecule has 0 N–H and O–H groups in total. The maximum atomic E-state index is 13.2. The normalized spacial score (nSPS) is 10.0. The maximum absolute atomic E-state index is 13.2. The highest BCUT2D eigenvalue weighted by Gasteiger charge is 2.04. The summed E-state index contributed by atoms with van der Waals surface area (Å²) >= 11 is 11.5. The molecule has 0 radical (unpaired) electrons. The average Bonchev–Trinajstić information content (AvgIpc) is 2.40. The minimum Gasteiger partial charge on any atom is -0.489 e. The minimum absolute atomic E-state index is 0.0742. The van der Waals surface area contributed by atoms with Crippen molar-refractivity contribution in [2.75, 3.05) is 0 Å². The lowest BCUT2D eigenvalue weighted by atomic mass is 10.2. The van der Waals surface area contributed by atoms with E-state index in [9.17, 15) is 4.39 Å². The number of hydrogen-bond acceptors (Lipinski definition) is 2. The highest BCUT2D eigenvalue weighted by atomic mass is 35.5. The molecule has 0 atom stereocenters. The predicted octanol–water partition coefficient (Wildman–Crippen LogP) is 4.58. The molecule has 2 aromatic carbocycles. The third-order valence-corrected chi connectivity index (χ3v) is 3.07. The van der Waals surface area contributed by atoms with Crippen LogP contribution in [0.3, 0.4) is 0 Å². The van der Waals surface area contributed by atoms with Crippen LogP contribution in [0.2, 0.25) is 10.0 Å². The average molecular weight is 296 g/mol. The number of nitriles is 1. The van der Waals surface area contributed by atoms with Crippen LogP contribution in [0.15, 0.2) is 36.4 Å². The number of ether oxygens (including phenoxy) is 1. The second kappa shape index (κ2) is 5.92. The minimum atomic E-state index is -0.486. The molecule has 2 nitrogen and oxygen atoms in total. The largest absolute Gasteiger partial charge is 0.489 e. The first-order chi connectivity index (χ1) is 9.10. The standard InChI is InChI=1S/C14H8Cl2FNO/c15-12-4-1-9(5-14(12)17)8-19-11-3-2-10(7-18)13(16)6-11/h1-6H,8H2. The first-order valence-electron chi connectivity index (χ1n) is 5.36. The van der Waals surface area contributed by atoms with Crippen molar-refractivity contribution in [1.29, 1.82) is 5.26 Å². The predicted molar refractivity (Wildman–Crippen MR) is 71.9 cm³/mol. The molecule has 5 heteroatoms. The van der Waals surface area contributed by atoms with Gasteiger partial charge in [0.25, 0.3) is 0 Å². The molecular formula is C14H8Cl2FNO. The van der Waals surface area contributed by atoms with Crippen LogP contribution in [-0.4, -0.2) is 0 Å². The SMILES string of the molecule is N#Cc1ccc(OCc2ccc(Cl)c(F)c2)cc1Cl. The van der Waals surface area contributed by atoms with Crippen molar-refractivity contribution in [2.45, 2.75) is 6.61 Å². The summed E-state index contributed by atoms with van der Waals surface area (Å²) in [5.41, 5.74) is 1.04. The molecule has 0 aliphatic heterocycles. The Labute approximate surface area is 119 Å². The van der Waals surface area contributed by atoms with Crippen molar-refractivity contribution in [3.8, 4) is 11.8 Å². The molecule has 0 amide bonds. The summed E-state index contributed by atoms with van der Waals surface area (Å²) in [5.74, 6) is 0.0278. The molecule has 19 heavy (non-hydrogen) atoms. The van der Waals surface area contributed by atoms with Crippen molar-refractivity contribution < 1.29 is 9.13 Å². The van der Waals surface area contributed by atoms with E-state index in [-0.39, 0.29) is 11.6 Å². The number of hydrogen-bond donors (Lipinski definition) is 0. The monoisotopic (exact) mass is 295 g/mol. The van der Waals surface area contributed by atoms with E-state index in [1.807, 2.05) is 6.07 Å². The Kier molecular flexibility index (Phi) is 4.26. The molecular weight excluding hydrogens is 288 g/mol. The zero-order chi connectivity index (χ0) is 13.8. The van der Waals surface area contributed by atoms with Gasteiger partial charge in [-0.05, 0) is 29.8 Å². The van der Waals surface area contributed by atoms with Gasteiger partial charge in [0.15, 0.2) is 0 Å². The van der Waals surface area contributed by atoms with Gasteiger partial charge in [-0.1, -0.05) is 29.3 Å². The van der Waals surface area contributed by atoms with Crippen molar-refractivity contribution in [3.05, 3.63) is 63.4 Å². The molecule has 0 aromatic heterocycles. The second-order valence-corrected chi connectivity index (χ2v) is 4.60. The van der Waals surface area contributed by atoms with Crippen molar-refractivity contribution in [1.82, 2.24) is 0 Å². The summed E-state index contributed by atoms with van der Waals surface area (Å²) in [6.45, 7) is 0.191. The van der Waals surface area contributed by atoms with E-state index in [2.05, 4.69) is 0 Å². The molecule has 96 valence electrons. The van der Waals surface area contributed by atoms with Gasteiger partial charge in [-0.3, -0.25) is 0 Å². The number of rotatable bonds is 3. The Morgan fingerprint density at radius 1 is 1.11 bits per heavy atom. The lowest BCUT2D eigenvalue weighted by Crippen LogP contribution is -1.96. The zero-order valence-corrected chi connectivity index (χ0v) is 11.2. The van der Waals surface area contributed by atoms with Gasteiger partial charge in [-0.2, -0.15) is 5.26 Å². The van der Waals surface area contributed by atoms with Crippen LogP contribution in [-0.2, 0) is 6.61 Å². The fourth-order valence-corrected chi connectivity index (χ4v) is 1.80. The van der Waals surface area contributed by atoms with Crippen LogP contribution in [0.5, 0.6) is 5.75 Å². The van der Waals surface area contributed by atoms with E-state index >= 15 is 0 Å². The highest BCUT2D eigenvalue weighted by Crippen LogP contribution is 2.23. The maximum Gasteiger partial charge on any atom is 0.142 e. The summed E-state index contributed by atoms with van der Waals surface area (Å²) in [4.78, 5) is 0. The fraction of sp³-hybridized carbons (Fsp3) is 0.0714. The molecule has 0 saturated heterocycles. The van der Waals surface area contributed by atoms with Crippen molar-refractivity contribution in [2.24, 2.45) is 0 Å². The zero-order valence-electron chi connectivity index (χ0n) is 9.66. The van der Waals surface area contributed by atoms with Crippen molar-refractivity contribution >= 4 is 23.2 Å². The first-order valence-corrected chi connectivity index (χ1v) is 6.12.